The van der Waals surface area contributed by atoms with Gasteiger partial charge in [0.05, 0.1) is 18.2 Å². The third-order valence-electron chi connectivity index (χ3n) is 4.69. The van der Waals surface area contributed by atoms with Crippen LogP contribution in [0, 0.1) is 6.92 Å². The molecule has 3 nitrogen and oxygen atoms in total. The number of hydrogen-bond acceptors (Lipinski definition) is 2. The normalized spacial score (nSPS) is 12.5. The van der Waals surface area contributed by atoms with E-state index in [9.17, 15) is 4.79 Å². The van der Waals surface area contributed by atoms with Crippen LogP contribution in [0.1, 0.15) is 41.0 Å². The van der Waals surface area contributed by atoms with Gasteiger partial charge >= 0.3 is 0 Å². The van der Waals surface area contributed by atoms with Gasteiger partial charge in [-0.15, -0.1) is 0 Å². The minimum atomic E-state index is 0.0244. The maximum atomic E-state index is 13.2. The van der Waals surface area contributed by atoms with E-state index in [0.717, 1.165) is 28.6 Å². The van der Waals surface area contributed by atoms with Crippen molar-refractivity contribution in [2.24, 2.45) is 0 Å². The van der Waals surface area contributed by atoms with Crippen molar-refractivity contribution in [3.63, 3.8) is 0 Å². The lowest BCUT2D eigenvalue weighted by Crippen LogP contribution is -2.15. The third-order valence-corrected chi connectivity index (χ3v) is 4.94. The molecule has 1 heterocycles. The zero-order valence-electron chi connectivity index (χ0n) is 14.8. The first-order valence-electron chi connectivity index (χ1n) is 8.47. The van der Waals surface area contributed by atoms with Crippen molar-refractivity contribution >= 4 is 28.3 Å². The Hall–Kier alpha value is -2.10. The number of benzene rings is 2. The fraction of sp³-hybridized carbons (Fsp3) is 0.286. The topological polar surface area (TPSA) is 31.2 Å². The number of hydrogen-bond donors (Lipinski definition) is 0. The first-order chi connectivity index (χ1) is 12.1. The molecule has 0 N–H and O–H groups in total. The lowest BCUT2D eigenvalue weighted by molar-refractivity contribution is 0.103. The SMILES string of the molecule is CCC(COC)n1c(C)c(C(=O)c2ccc(Cl)cc2)c2ccccc21. The summed E-state index contributed by atoms with van der Waals surface area (Å²) in [5.41, 5.74) is 3.45. The molecule has 1 atom stereocenters. The van der Waals surface area contributed by atoms with Gasteiger partial charge in [0.1, 0.15) is 0 Å². The fourth-order valence-corrected chi connectivity index (χ4v) is 3.59. The standard InChI is InChI=1S/C21H22ClNO2/c1-4-17(13-25-3)23-14(2)20(18-7-5-6-8-19(18)23)21(24)15-9-11-16(22)12-10-15/h5-12,17H,4,13H2,1-3H3. The highest BCUT2D eigenvalue weighted by Crippen LogP contribution is 2.32. The molecule has 4 heteroatoms. The molecule has 2 aromatic carbocycles. The number of ketones is 1. The van der Waals surface area contributed by atoms with Gasteiger partial charge in [-0.3, -0.25) is 4.79 Å². The largest absolute Gasteiger partial charge is 0.383 e. The molecule has 0 aliphatic rings. The van der Waals surface area contributed by atoms with Gasteiger partial charge < -0.3 is 9.30 Å². The van der Waals surface area contributed by atoms with Crippen LogP contribution < -0.4 is 0 Å². The summed E-state index contributed by atoms with van der Waals surface area (Å²) in [6.45, 7) is 4.77. The Morgan fingerprint density at radius 1 is 1.16 bits per heavy atom. The molecule has 3 aromatic rings. The number of aromatic nitrogens is 1. The Labute approximate surface area is 153 Å². The van der Waals surface area contributed by atoms with E-state index >= 15 is 0 Å². The first-order valence-corrected chi connectivity index (χ1v) is 8.85. The van der Waals surface area contributed by atoms with Crippen molar-refractivity contribution in [1.29, 1.82) is 0 Å². The second-order valence-corrected chi connectivity index (χ2v) is 6.64. The van der Waals surface area contributed by atoms with Crippen LogP contribution in [0.4, 0.5) is 0 Å². The molecule has 0 fully saturated rings. The number of nitrogens with zero attached hydrogens (tertiary/aromatic N) is 1. The van der Waals surface area contributed by atoms with Crippen molar-refractivity contribution < 1.29 is 9.53 Å². The maximum Gasteiger partial charge on any atom is 0.195 e. The van der Waals surface area contributed by atoms with Crippen LogP contribution in [0.5, 0.6) is 0 Å². The molecule has 0 spiro atoms. The van der Waals surface area contributed by atoms with Crippen molar-refractivity contribution in [2.75, 3.05) is 13.7 Å². The van der Waals surface area contributed by atoms with E-state index in [1.165, 1.54) is 0 Å². The highest BCUT2D eigenvalue weighted by molar-refractivity contribution is 6.30. The van der Waals surface area contributed by atoms with E-state index in [1.54, 1.807) is 31.4 Å². The molecular weight excluding hydrogens is 334 g/mol. The minimum absolute atomic E-state index is 0.0244. The van der Waals surface area contributed by atoms with Crippen LogP contribution in [0.3, 0.4) is 0 Å². The summed E-state index contributed by atoms with van der Waals surface area (Å²) in [6, 6.07) is 15.3. The van der Waals surface area contributed by atoms with E-state index in [4.69, 9.17) is 16.3 Å². The smallest absolute Gasteiger partial charge is 0.195 e. The summed E-state index contributed by atoms with van der Waals surface area (Å²) in [7, 11) is 1.71. The number of carbonyl (C=O) groups is 1. The molecule has 25 heavy (non-hydrogen) atoms. The van der Waals surface area contributed by atoms with Gasteiger partial charge in [0.15, 0.2) is 5.78 Å². The molecule has 0 saturated heterocycles. The maximum absolute atomic E-state index is 13.2. The van der Waals surface area contributed by atoms with E-state index in [1.807, 2.05) is 25.1 Å². The molecule has 130 valence electrons. The molecular formula is C21H22ClNO2. The van der Waals surface area contributed by atoms with Crippen molar-refractivity contribution in [3.8, 4) is 0 Å². The Morgan fingerprint density at radius 3 is 2.48 bits per heavy atom. The minimum Gasteiger partial charge on any atom is -0.383 e. The Morgan fingerprint density at radius 2 is 1.84 bits per heavy atom. The van der Waals surface area contributed by atoms with Gasteiger partial charge in [0.25, 0.3) is 0 Å². The summed E-state index contributed by atoms with van der Waals surface area (Å²) in [6.07, 6.45) is 0.932. The van der Waals surface area contributed by atoms with E-state index < -0.39 is 0 Å². The van der Waals surface area contributed by atoms with Crippen molar-refractivity contribution in [1.82, 2.24) is 4.57 Å². The van der Waals surface area contributed by atoms with Crippen LogP contribution in [0.15, 0.2) is 48.5 Å². The second-order valence-electron chi connectivity index (χ2n) is 6.20. The first kappa shape index (κ1) is 17.7. The lowest BCUT2D eigenvalue weighted by atomic mass is 10.0. The Kier molecular flexibility index (Phi) is 5.26. The quantitative estimate of drug-likeness (QED) is 0.552. The summed E-state index contributed by atoms with van der Waals surface area (Å²) < 4.78 is 7.64. The van der Waals surface area contributed by atoms with Gasteiger partial charge in [-0.1, -0.05) is 36.7 Å². The number of carbonyl (C=O) groups excluding carboxylic acids is 1. The summed E-state index contributed by atoms with van der Waals surface area (Å²) in [5.74, 6) is 0.0244. The number of halogens is 1. The fourth-order valence-electron chi connectivity index (χ4n) is 3.46. The van der Waals surface area contributed by atoms with Crippen LogP contribution in [0.25, 0.3) is 10.9 Å². The van der Waals surface area contributed by atoms with E-state index in [0.29, 0.717) is 17.2 Å². The zero-order chi connectivity index (χ0) is 18.0. The number of ether oxygens (including phenoxy) is 1. The highest BCUT2D eigenvalue weighted by Gasteiger charge is 2.24. The van der Waals surface area contributed by atoms with Gasteiger partial charge in [-0.25, -0.2) is 0 Å². The van der Waals surface area contributed by atoms with E-state index in [2.05, 4.69) is 17.6 Å². The molecule has 0 radical (unpaired) electrons. The van der Waals surface area contributed by atoms with Crippen molar-refractivity contribution in [2.45, 2.75) is 26.3 Å². The lowest BCUT2D eigenvalue weighted by Gasteiger charge is -2.20. The Bertz CT molecular complexity index is 896. The molecule has 0 aliphatic carbocycles. The predicted octanol–water partition coefficient (Wildman–Crippen LogP) is 5.43. The van der Waals surface area contributed by atoms with Crippen molar-refractivity contribution in [3.05, 3.63) is 70.4 Å². The molecule has 0 bridgehead atoms. The van der Waals surface area contributed by atoms with Gasteiger partial charge in [0, 0.05) is 34.3 Å². The van der Waals surface area contributed by atoms with Crippen LogP contribution in [-0.2, 0) is 4.74 Å². The third kappa shape index (κ3) is 3.22. The second kappa shape index (κ2) is 7.42. The summed E-state index contributed by atoms with van der Waals surface area (Å²) in [5, 5.41) is 1.61. The number of methoxy groups -OCH3 is 1. The van der Waals surface area contributed by atoms with Crippen LogP contribution in [0.2, 0.25) is 5.02 Å². The number of para-hydroxylation sites is 1. The summed E-state index contributed by atoms with van der Waals surface area (Å²) in [4.78, 5) is 13.2. The highest BCUT2D eigenvalue weighted by atomic mass is 35.5. The Balaban J connectivity index is 2.20. The summed E-state index contributed by atoms with van der Waals surface area (Å²) >= 11 is 5.96. The molecule has 3 rings (SSSR count). The predicted molar refractivity (Wildman–Crippen MR) is 103 cm³/mol. The van der Waals surface area contributed by atoms with Gasteiger partial charge in [-0.2, -0.15) is 0 Å². The van der Waals surface area contributed by atoms with Crippen LogP contribution in [-0.4, -0.2) is 24.1 Å². The van der Waals surface area contributed by atoms with Crippen LogP contribution >= 0.6 is 11.6 Å². The molecule has 0 aliphatic heterocycles. The molecule has 0 saturated carbocycles. The van der Waals surface area contributed by atoms with Gasteiger partial charge in [-0.05, 0) is 43.7 Å². The number of fused-ring (bicyclic) bond motifs is 1. The average molecular weight is 356 g/mol. The molecule has 1 aromatic heterocycles. The van der Waals surface area contributed by atoms with E-state index in [-0.39, 0.29) is 11.8 Å². The zero-order valence-corrected chi connectivity index (χ0v) is 15.5. The van der Waals surface area contributed by atoms with Gasteiger partial charge in [0.2, 0.25) is 0 Å². The average Bonchev–Trinajstić information content (AvgIpc) is 2.92. The molecule has 1 unspecified atom stereocenters. The monoisotopic (exact) mass is 355 g/mol. The molecule has 0 amide bonds. The number of rotatable bonds is 6.